The van der Waals surface area contributed by atoms with Crippen LogP contribution in [0.15, 0.2) is 24.3 Å². The van der Waals surface area contributed by atoms with Gasteiger partial charge in [-0.1, -0.05) is 18.2 Å². The molecule has 0 N–H and O–H groups in total. The van der Waals surface area contributed by atoms with Crippen LogP contribution in [0.4, 0.5) is 0 Å². The largest absolute Gasteiger partial charge is 0.493 e. The number of hydrogen-bond donors (Lipinski definition) is 0. The maximum Gasteiger partial charge on any atom is 0.281 e. The van der Waals surface area contributed by atoms with E-state index in [9.17, 15) is 8.42 Å². The molecule has 0 amide bonds. The summed E-state index contributed by atoms with van der Waals surface area (Å²) in [5.41, 5.74) is 1.10. The lowest BCUT2D eigenvalue weighted by atomic mass is 10.0. The molecule has 1 fully saturated rings. The Kier molecular flexibility index (Phi) is 5.24. The summed E-state index contributed by atoms with van der Waals surface area (Å²) in [5, 5.41) is 0. The summed E-state index contributed by atoms with van der Waals surface area (Å²) in [5.74, 6) is 1.12. The van der Waals surface area contributed by atoms with Crippen LogP contribution in [0, 0.1) is 12.8 Å². The Bertz CT molecular complexity index is 572. The van der Waals surface area contributed by atoms with Crippen molar-refractivity contribution in [1.82, 2.24) is 8.61 Å². The Morgan fingerprint density at radius 2 is 2.05 bits per heavy atom. The van der Waals surface area contributed by atoms with Crippen LogP contribution in [0.3, 0.4) is 0 Å². The average molecular weight is 312 g/mol. The molecule has 1 saturated heterocycles. The predicted molar refractivity (Wildman–Crippen MR) is 83.6 cm³/mol. The summed E-state index contributed by atoms with van der Waals surface area (Å²) < 4.78 is 33.0. The molecule has 2 rings (SSSR count). The zero-order chi connectivity index (χ0) is 15.5. The van der Waals surface area contributed by atoms with Gasteiger partial charge in [0.25, 0.3) is 10.2 Å². The molecule has 0 spiro atoms. The lowest BCUT2D eigenvalue weighted by molar-refractivity contribution is 0.176. The van der Waals surface area contributed by atoms with Gasteiger partial charge >= 0.3 is 0 Å². The third-order valence-electron chi connectivity index (χ3n) is 3.84. The van der Waals surface area contributed by atoms with Gasteiger partial charge in [-0.25, -0.2) is 0 Å². The Balaban J connectivity index is 1.95. The zero-order valence-electron chi connectivity index (χ0n) is 12.9. The zero-order valence-corrected chi connectivity index (χ0v) is 13.8. The Morgan fingerprint density at radius 1 is 1.33 bits per heavy atom. The third-order valence-corrected chi connectivity index (χ3v) is 5.74. The molecule has 21 heavy (non-hydrogen) atoms. The SMILES string of the molecule is Cc1ccccc1OC[C@@H]1CCCN(S(=O)(=O)N(C)C)C1. The minimum Gasteiger partial charge on any atom is -0.493 e. The second-order valence-corrected chi connectivity index (χ2v) is 7.88. The second kappa shape index (κ2) is 6.77. The molecule has 0 saturated carbocycles. The fraction of sp³-hybridized carbons (Fsp3) is 0.600. The van der Waals surface area contributed by atoms with Gasteiger partial charge in [-0.2, -0.15) is 17.0 Å². The number of hydrogen-bond acceptors (Lipinski definition) is 3. The molecular formula is C15H24N2O3S. The van der Waals surface area contributed by atoms with Crippen molar-refractivity contribution in [3.63, 3.8) is 0 Å². The van der Waals surface area contributed by atoms with Gasteiger partial charge in [-0.15, -0.1) is 0 Å². The minimum absolute atomic E-state index is 0.244. The molecule has 1 aliphatic heterocycles. The Hall–Kier alpha value is -1.11. The van der Waals surface area contributed by atoms with Crippen molar-refractivity contribution >= 4 is 10.2 Å². The van der Waals surface area contributed by atoms with Gasteiger partial charge in [0.15, 0.2) is 0 Å². The number of ether oxygens (including phenoxy) is 1. The molecule has 0 bridgehead atoms. The normalized spacial score (nSPS) is 20.7. The molecule has 6 heteroatoms. The first-order valence-electron chi connectivity index (χ1n) is 7.27. The number of piperidine rings is 1. The van der Waals surface area contributed by atoms with Crippen LogP contribution in [0.2, 0.25) is 0 Å². The van der Waals surface area contributed by atoms with E-state index in [2.05, 4.69) is 0 Å². The van der Waals surface area contributed by atoms with E-state index in [1.54, 1.807) is 18.4 Å². The van der Waals surface area contributed by atoms with Gasteiger partial charge in [0.05, 0.1) is 6.61 Å². The summed E-state index contributed by atoms with van der Waals surface area (Å²) in [4.78, 5) is 0. The van der Waals surface area contributed by atoms with E-state index in [0.29, 0.717) is 19.7 Å². The first kappa shape index (κ1) is 16.3. The topological polar surface area (TPSA) is 49.9 Å². The fourth-order valence-corrected chi connectivity index (χ4v) is 3.75. The molecular weight excluding hydrogens is 288 g/mol. The molecule has 0 aliphatic carbocycles. The monoisotopic (exact) mass is 312 g/mol. The highest BCUT2D eigenvalue weighted by Crippen LogP contribution is 2.23. The van der Waals surface area contributed by atoms with Crippen molar-refractivity contribution in [2.75, 3.05) is 33.8 Å². The number of aryl methyl sites for hydroxylation is 1. The summed E-state index contributed by atoms with van der Waals surface area (Å²) in [6.45, 7) is 3.71. The van der Waals surface area contributed by atoms with Gasteiger partial charge < -0.3 is 4.74 Å². The van der Waals surface area contributed by atoms with E-state index in [4.69, 9.17) is 4.74 Å². The van der Waals surface area contributed by atoms with Crippen LogP contribution in [-0.4, -0.2) is 50.8 Å². The van der Waals surface area contributed by atoms with Crippen LogP contribution in [0.25, 0.3) is 0 Å². The highest BCUT2D eigenvalue weighted by molar-refractivity contribution is 7.86. The predicted octanol–water partition coefficient (Wildman–Crippen LogP) is 1.89. The van der Waals surface area contributed by atoms with Crippen LogP contribution in [-0.2, 0) is 10.2 Å². The summed E-state index contributed by atoms with van der Waals surface area (Å²) >= 11 is 0. The molecule has 1 aromatic carbocycles. The van der Waals surface area contributed by atoms with Gasteiger partial charge in [0, 0.05) is 33.1 Å². The van der Waals surface area contributed by atoms with Crippen molar-refractivity contribution < 1.29 is 13.2 Å². The van der Waals surface area contributed by atoms with Crippen LogP contribution < -0.4 is 4.74 Å². The molecule has 0 aromatic heterocycles. The molecule has 1 atom stereocenters. The van der Waals surface area contributed by atoms with Crippen molar-refractivity contribution in [2.45, 2.75) is 19.8 Å². The number of nitrogens with zero attached hydrogens (tertiary/aromatic N) is 2. The van der Waals surface area contributed by atoms with Crippen molar-refractivity contribution in [2.24, 2.45) is 5.92 Å². The van der Waals surface area contributed by atoms with E-state index in [-0.39, 0.29) is 5.92 Å². The van der Waals surface area contributed by atoms with Gasteiger partial charge in [0.2, 0.25) is 0 Å². The quantitative estimate of drug-likeness (QED) is 0.834. The van der Waals surface area contributed by atoms with E-state index in [0.717, 1.165) is 24.2 Å². The molecule has 1 aliphatic rings. The standard InChI is InChI=1S/C15H24N2O3S/c1-13-7-4-5-9-15(13)20-12-14-8-6-10-17(11-14)21(18,19)16(2)3/h4-5,7,9,14H,6,8,10-12H2,1-3H3/t14-/m1/s1. The second-order valence-electron chi connectivity index (χ2n) is 5.73. The maximum absolute atomic E-state index is 12.2. The molecule has 0 unspecified atom stereocenters. The summed E-state index contributed by atoms with van der Waals surface area (Å²) in [7, 11) is -0.168. The van der Waals surface area contributed by atoms with E-state index in [1.807, 2.05) is 31.2 Å². The van der Waals surface area contributed by atoms with Gasteiger partial charge in [0.1, 0.15) is 5.75 Å². The first-order valence-corrected chi connectivity index (χ1v) is 8.67. The number of rotatable bonds is 5. The lowest BCUT2D eigenvalue weighted by Gasteiger charge is -2.33. The smallest absolute Gasteiger partial charge is 0.281 e. The maximum atomic E-state index is 12.2. The van der Waals surface area contributed by atoms with Crippen LogP contribution in [0.1, 0.15) is 18.4 Å². The molecule has 1 aromatic rings. The van der Waals surface area contributed by atoms with E-state index < -0.39 is 10.2 Å². The molecule has 1 heterocycles. The Morgan fingerprint density at radius 3 is 2.71 bits per heavy atom. The first-order chi connectivity index (χ1) is 9.91. The van der Waals surface area contributed by atoms with Crippen molar-refractivity contribution in [1.29, 1.82) is 0 Å². The van der Waals surface area contributed by atoms with Crippen LogP contribution >= 0.6 is 0 Å². The third kappa shape index (κ3) is 3.96. The van der Waals surface area contributed by atoms with Crippen molar-refractivity contribution in [3.8, 4) is 5.75 Å². The minimum atomic E-state index is -3.31. The van der Waals surface area contributed by atoms with E-state index >= 15 is 0 Å². The molecule has 5 nitrogen and oxygen atoms in total. The Labute approximate surface area is 127 Å². The number of benzene rings is 1. The van der Waals surface area contributed by atoms with Gasteiger partial charge in [-0.05, 0) is 31.4 Å². The highest BCUT2D eigenvalue weighted by atomic mass is 32.2. The van der Waals surface area contributed by atoms with E-state index in [1.165, 1.54) is 4.31 Å². The number of para-hydroxylation sites is 1. The summed E-state index contributed by atoms with van der Waals surface area (Å²) in [6.07, 6.45) is 1.89. The van der Waals surface area contributed by atoms with Crippen LogP contribution in [0.5, 0.6) is 5.75 Å². The summed E-state index contributed by atoms with van der Waals surface area (Å²) in [6, 6.07) is 7.89. The molecule has 0 radical (unpaired) electrons. The molecule has 118 valence electrons. The average Bonchev–Trinajstić information content (AvgIpc) is 2.46. The van der Waals surface area contributed by atoms with Gasteiger partial charge in [-0.3, -0.25) is 0 Å². The fourth-order valence-electron chi connectivity index (χ4n) is 2.53. The highest BCUT2D eigenvalue weighted by Gasteiger charge is 2.30. The lowest BCUT2D eigenvalue weighted by Crippen LogP contribution is -2.46. The van der Waals surface area contributed by atoms with Crippen molar-refractivity contribution in [3.05, 3.63) is 29.8 Å².